The standard InChI is InChI=1S/C54H72N12O7S2/c1-35-30-57-52(62-49(35)59-40-12-11-13-43(28-40)75(72,73)63-54(6,7)8)60-39-19-21-41(22-20-39)65-26-24-64(25-27-65)33-46(69)55-23-10-9-14-45(68)61-48(53(3,4)5)51(71)66-32-42(67)29-44(66)50(70)56-31-37-15-17-38(18-16-37)47-36(2)58-34-74-47/h11-13,15-22,28,30,34,42,44,48,63,67H,9-10,14,23-27,29,31-33H2,1-8H3,(H,55,69)(H,56,70)(H,61,68)(H2,57,59,60,62)/t42-,44+,48?/m1/s1. The molecular formula is C54H72N12O7S2. The number of nitrogens with one attached hydrogen (secondary N) is 6. The van der Waals surface area contributed by atoms with Gasteiger partial charge < -0.3 is 41.5 Å². The Hall–Kier alpha value is -6.52. The summed E-state index contributed by atoms with van der Waals surface area (Å²) >= 11 is 1.57. The van der Waals surface area contributed by atoms with Gasteiger partial charge in [-0.3, -0.25) is 24.1 Å². The van der Waals surface area contributed by atoms with Gasteiger partial charge in [0.25, 0.3) is 0 Å². The fraction of sp³-hybridized carbons (Fsp3) is 0.463. The second kappa shape index (κ2) is 24.4. The Balaban J connectivity index is 0.798. The summed E-state index contributed by atoms with van der Waals surface area (Å²) in [5.41, 5.74) is 6.61. The number of aliphatic hydroxyl groups excluding tert-OH is 1. The summed E-state index contributed by atoms with van der Waals surface area (Å²) in [7, 11) is -3.72. The van der Waals surface area contributed by atoms with E-state index in [9.17, 15) is 32.7 Å². The number of thiazole rings is 1. The van der Waals surface area contributed by atoms with Gasteiger partial charge in [0.15, 0.2) is 0 Å². The minimum atomic E-state index is -3.72. The van der Waals surface area contributed by atoms with Gasteiger partial charge in [-0.05, 0) is 106 Å². The SMILES string of the molecule is Cc1cnc(Nc2ccc(N3CCN(CC(=O)NCCCCC(=O)NC(C(=O)N4C[C@H](O)C[C@H]4C(=O)NCc4ccc(-c5scnc5C)cc4)C(C)(C)C)CC3)cc2)nc1Nc1cccc(S(=O)(=O)NC(C)(C)C)c1. The van der Waals surface area contributed by atoms with E-state index in [1.54, 1.807) is 62.6 Å². The predicted molar refractivity (Wildman–Crippen MR) is 293 cm³/mol. The Bertz CT molecular complexity index is 2900. The van der Waals surface area contributed by atoms with E-state index >= 15 is 0 Å². The van der Waals surface area contributed by atoms with Crippen LogP contribution in [-0.2, 0) is 35.7 Å². The summed E-state index contributed by atoms with van der Waals surface area (Å²) in [5.74, 6) is -0.253. The first kappa shape index (κ1) is 56.2. The van der Waals surface area contributed by atoms with Gasteiger partial charge in [-0.1, -0.05) is 51.1 Å². The summed E-state index contributed by atoms with van der Waals surface area (Å²) in [4.78, 5) is 74.2. The molecule has 7 N–H and O–H groups in total. The molecule has 2 saturated heterocycles. The molecule has 19 nitrogen and oxygen atoms in total. The van der Waals surface area contributed by atoms with Crippen molar-refractivity contribution in [3.8, 4) is 10.4 Å². The van der Waals surface area contributed by atoms with Crippen molar-refractivity contribution in [2.75, 3.05) is 61.3 Å². The number of benzene rings is 3. The van der Waals surface area contributed by atoms with E-state index < -0.39 is 45.1 Å². The molecule has 3 aromatic carbocycles. The minimum Gasteiger partial charge on any atom is -0.391 e. The fourth-order valence-corrected chi connectivity index (χ4v) is 11.2. The number of aryl methyl sites for hydroxylation is 2. The normalized spacial score (nSPS) is 16.8. The van der Waals surface area contributed by atoms with Gasteiger partial charge in [0.05, 0.1) is 33.6 Å². The van der Waals surface area contributed by atoms with Gasteiger partial charge >= 0.3 is 0 Å². The summed E-state index contributed by atoms with van der Waals surface area (Å²) < 4.78 is 28.6. The number of rotatable bonds is 20. The number of nitrogens with zero attached hydrogens (tertiary/aromatic N) is 6. The highest BCUT2D eigenvalue weighted by Gasteiger charge is 2.44. The number of carbonyl (C=O) groups is 4. The Labute approximate surface area is 444 Å². The Morgan fingerprint density at radius 3 is 2.23 bits per heavy atom. The topological polar surface area (TPSA) is 243 Å². The van der Waals surface area contributed by atoms with E-state index in [4.69, 9.17) is 0 Å². The average molecular weight is 1070 g/mol. The quantitative estimate of drug-likeness (QED) is 0.0443. The van der Waals surface area contributed by atoms with Crippen molar-refractivity contribution in [3.05, 3.63) is 101 Å². The van der Waals surface area contributed by atoms with E-state index in [0.717, 1.165) is 51.7 Å². The zero-order valence-corrected chi connectivity index (χ0v) is 45.8. The van der Waals surface area contributed by atoms with Crippen molar-refractivity contribution in [1.29, 1.82) is 0 Å². The molecule has 1 unspecified atom stereocenters. The second-order valence-corrected chi connectivity index (χ2v) is 24.0. The molecule has 402 valence electrons. The number of β-amino-alcohol motifs (C(OH)–C–C–N with tert-alkyl or cyclic N) is 1. The number of piperazine rings is 1. The van der Waals surface area contributed by atoms with Crippen LogP contribution in [0, 0.1) is 19.3 Å². The van der Waals surface area contributed by atoms with Crippen LogP contribution in [0.5, 0.6) is 0 Å². The monoisotopic (exact) mass is 1060 g/mol. The molecule has 0 radical (unpaired) electrons. The lowest BCUT2D eigenvalue weighted by molar-refractivity contribution is -0.144. The average Bonchev–Trinajstić information content (AvgIpc) is 3.98. The number of unbranched alkanes of at least 4 members (excludes halogenated alkanes) is 1. The van der Waals surface area contributed by atoms with Crippen LogP contribution in [0.3, 0.4) is 0 Å². The molecule has 3 atom stereocenters. The highest BCUT2D eigenvalue weighted by Crippen LogP contribution is 2.30. The zero-order chi connectivity index (χ0) is 54.1. The highest BCUT2D eigenvalue weighted by atomic mass is 32.2. The molecule has 21 heteroatoms. The molecule has 4 heterocycles. The van der Waals surface area contributed by atoms with Crippen LogP contribution in [0.2, 0.25) is 0 Å². The van der Waals surface area contributed by atoms with Gasteiger partial charge in [-0.2, -0.15) is 4.98 Å². The largest absolute Gasteiger partial charge is 0.391 e. The first-order chi connectivity index (χ1) is 35.5. The van der Waals surface area contributed by atoms with Gasteiger partial charge in [0.1, 0.15) is 17.9 Å². The number of hydrogen-bond acceptors (Lipinski definition) is 15. The lowest BCUT2D eigenvalue weighted by Crippen LogP contribution is -2.57. The summed E-state index contributed by atoms with van der Waals surface area (Å²) in [6.07, 6.45) is 2.16. The number of likely N-dealkylation sites (tertiary alicyclic amines) is 1. The molecule has 0 aliphatic carbocycles. The Morgan fingerprint density at radius 2 is 1.56 bits per heavy atom. The molecule has 4 amide bonds. The van der Waals surface area contributed by atoms with Crippen molar-refractivity contribution in [2.24, 2.45) is 5.41 Å². The van der Waals surface area contributed by atoms with Gasteiger partial charge in [-0.25, -0.2) is 23.1 Å². The molecule has 0 bridgehead atoms. The fourth-order valence-electron chi connectivity index (χ4n) is 8.93. The Kier molecular flexibility index (Phi) is 18.3. The molecule has 75 heavy (non-hydrogen) atoms. The maximum absolute atomic E-state index is 14.1. The maximum atomic E-state index is 14.1. The molecule has 0 saturated carbocycles. The number of aliphatic hydroxyl groups is 1. The van der Waals surface area contributed by atoms with Crippen LogP contribution in [0.4, 0.5) is 28.8 Å². The number of carbonyl (C=O) groups excluding carboxylic acids is 4. The van der Waals surface area contributed by atoms with Crippen LogP contribution < -0.4 is 36.2 Å². The zero-order valence-electron chi connectivity index (χ0n) is 44.2. The van der Waals surface area contributed by atoms with Crippen LogP contribution in [0.25, 0.3) is 10.4 Å². The lowest BCUT2D eigenvalue weighted by atomic mass is 9.85. The summed E-state index contributed by atoms with van der Waals surface area (Å²) in [6, 6.07) is 20.6. The molecule has 2 fully saturated rings. The van der Waals surface area contributed by atoms with Crippen molar-refractivity contribution < 1.29 is 32.7 Å². The van der Waals surface area contributed by atoms with E-state index in [0.29, 0.717) is 49.9 Å². The maximum Gasteiger partial charge on any atom is 0.246 e. The highest BCUT2D eigenvalue weighted by molar-refractivity contribution is 7.89. The van der Waals surface area contributed by atoms with E-state index in [1.165, 1.54) is 4.90 Å². The third kappa shape index (κ3) is 15.8. The van der Waals surface area contributed by atoms with E-state index in [2.05, 4.69) is 56.1 Å². The lowest BCUT2D eigenvalue weighted by Gasteiger charge is -2.35. The number of aromatic nitrogens is 3. The van der Waals surface area contributed by atoms with Gasteiger partial charge in [0, 0.05) is 93.0 Å². The first-order valence-electron chi connectivity index (χ1n) is 25.4. The summed E-state index contributed by atoms with van der Waals surface area (Å²) in [6.45, 7) is 18.6. The van der Waals surface area contributed by atoms with Crippen molar-refractivity contribution in [3.63, 3.8) is 0 Å². The van der Waals surface area contributed by atoms with Crippen LogP contribution in [0.15, 0.2) is 89.4 Å². The number of amides is 4. The summed E-state index contributed by atoms with van der Waals surface area (Å²) in [5, 5.41) is 25.9. The van der Waals surface area contributed by atoms with Gasteiger partial charge in [-0.15, -0.1) is 11.3 Å². The second-order valence-electron chi connectivity index (χ2n) is 21.4. The molecule has 2 aromatic heterocycles. The molecule has 2 aliphatic heterocycles. The number of hydrogen-bond donors (Lipinski definition) is 7. The third-order valence-corrected chi connectivity index (χ3v) is 15.6. The molecule has 0 spiro atoms. The van der Waals surface area contributed by atoms with E-state index in [1.807, 2.05) is 88.7 Å². The van der Waals surface area contributed by atoms with Gasteiger partial charge in [0.2, 0.25) is 39.6 Å². The van der Waals surface area contributed by atoms with Crippen LogP contribution >= 0.6 is 11.3 Å². The molecule has 5 aromatic rings. The van der Waals surface area contributed by atoms with Crippen molar-refractivity contribution >= 4 is 73.8 Å². The van der Waals surface area contributed by atoms with Crippen molar-refractivity contribution in [2.45, 2.75) is 116 Å². The number of sulfonamides is 1. The predicted octanol–water partition coefficient (Wildman–Crippen LogP) is 6.00. The van der Waals surface area contributed by atoms with E-state index in [-0.39, 0.29) is 55.1 Å². The molecular weight excluding hydrogens is 993 g/mol. The molecule has 2 aliphatic rings. The minimum absolute atomic E-state index is 0.00761. The smallest absolute Gasteiger partial charge is 0.246 e. The third-order valence-electron chi connectivity index (χ3n) is 12.9. The number of anilines is 5. The van der Waals surface area contributed by atoms with Crippen LogP contribution in [0.1, 0.15) is 84.0 Å². The van der Waals surface area contributed by atoms with Crippen molar-refractivity contribution in [1.82, 2.24) is 45.4 Å². The Morgan fingerprint density at radius 1 is 0.840 bits per heavy atom. The first-order valence-corrected chi connectivity index (χ1v) is 27.8. The molecule has 7 rings (SSSR count). The van der Waals surface area contributed by atoms with Crippen LogP contribution in [-0.4, -0.2) is 131 Å².